The van der Waals surface area contributed by atoms with Gasteiger partial charge in [0.2, 0.25) is 5.91 Å². The molecule has 1 aliphatic heterocycles. The molecule has 0 unspecified atom stereocenters. The van der Waals surface area contributed by atoms with E-state index in [1.807, 2.05) is 0 Å². The molecular formula is C14H17N3O3. The van der Waals surface area contributed by atoms with Gasteiger partial charge >= 0.3 is 11.8 Å². The molecule has 6 heteroatoms. The normalized spacial score (nSPS) is 14.1. The van der Waals surface area contributed by atoms with Crippen LogP contribution in [0.5, 0.6) is 0 Å². The van der Waals surface area contributed by atoms with Crippen LogP contribution >= 0.6 is 0 Å². The van der Waals surface area contributed by atoms with Crippen LogP contribution in [0.3, 0.4) is 0 Å². The highest BCUT2D eigenvalue weighted by atomic mass is 16.2. The first kappa shape index (κ1) is 14.0. The topological polar surface area (TPSA) is 83.7 Å². The highest BCUT2D eigenvalue weighted by molar-refractivity contribution is 6.40. The van der Waals surface area contributed by atoms with Gasteiger partial charge in [-0.3, -0.25) is 19.3 Å². The molecule has 2 N–H and O–H groups in total. The second kappa shape index (κ2) is 6.18. The van der Waals surface area contributed by atoms with Gasteiger partial charge in [0.25, 0.3) is 0 Å². The molecule has 1 saturated heterocycles. The second-order valence-electron chi connectivity index (χ2n) is 4.69. The number of rotatable bonds is 3. The Morgan fingerprint density at radius 3 is 2.25 bits per heavy atom. The van der Waals surface area contributed by atoms with Crippen LogP contribution in [0, 0.1) is 0 Å². The number of carbonyl (C=O) groups is 3. The van der Waals surface area contributed by atoms with Crippen LogP contribution in [-0.2, 0) is 14.4 Å². The van der Waals surface area contributed by atoms with Crippen LogP contribution in [0.4, 0.5) is 5.69 Å². The molecule has 1 fully saturated rings. The average molecular weight is 275 g/mol. The summed E-state index contributed by atoms with van der Waals surface area (Å²) in [5.74, 6) is -1.94. The molecule has 0 spiro atoms. The lowest BCUT2D eigenvalue weighted by atomic mass is 10.2. The number of nitrogens with zero attached hydrogens (tertiary/aromatic N) is 2. The predicted molar refractivity (Wildman–Crippen MR) is 73.8 cm³/mol. The van der Waals surface area contributed by atoms with E-state index in [0.717, 1.165) is 17.7 Å². The molecule has 0 saturated carbocycles. The number of amides is 3. The number of hydrogen-bond donors (Lipinski definition) is 1. The standard InChI is InChI=1S/C14H17N3O3/c15-12(18)10-17(11-6-2-1-3-7-11)14(20)13(19)16-8-4-5-9-16/h1-3,6-7H,4-5,8-10H2,(H2,15,18). The second-order valence-corrected chi connectivity index (χ2v) is 4.69. The summed E-state index contributed by atoms with van der Waals surface area (Å²) in [4.78, 5) is 38.2. The van der Waals surface area contributed by atoms with Gasteiger partial charge in [0.05, 0.1) is 0 Å². The van der Waals surface area contributed by atoms with Gasteiger partial charge in [-0.15, -0.1) is 0 Å². The first-order valence-electron chi connectivity index (χ1n) is 6.53. The van der Waals surface area contributed by atoms with E-state index in [0.29, 0.717) is 18.8 Å². The lowest BCUT2D eigenvalue weighted by molar-refractivity contribution is -0.143. The van der Waals surface area contributed by atoms with E-state index < -0.39 is 17.7 Å². The van der Waals surface area contributed by atoms with Crippen molar-refractivity contribution in [3.63, 3.8) is 0 Å². The zero-order chi connectivity index (χ0) is 14.5. The van der Waals surface area contributed by atoms with Crippen molar-refractivity contribution in [3.8, 4) is 0 Å². The van der Waals surface area contributed by atoms with Gasteiger partial charge in [-0.2, -0.15) is 0 Å². The largest absolute Gasteiger partial charge is 0.368 e. The highest BCUT2D eigenvalue weighted by Gasteiger charge is 2.30. The Hall–Kier alpha value is -2.37. The quantitative estimate of drug-likeness (QED) is 0.796. The maximum absolute atomic E-state index is 12.3. The van der Waals surface area contributed by atoms with E-state index in [-0.39, 0.29) is 6.54 Å². The molecule has 1 heterocycles. The summed E-state index contributed by atoms with van der Waals surface area (Å²) in [6.45, 7) is 0.871. The van der Waals surface area contributed by atoms with Crippen LogP contribution in [0.15, 0.2) is 30.3 Å². The summed E-state index contributed by atoms with van der Waals surface area (Å²) in [7, 11) is 0. The third kappa shape index (κ3) is 3.14. The number of likely N-dealkylation sites (tertiary alicyclic amines) is 1. The number of anilines is 1. The average Bonchev–Trinajstić information content (AvgIpc) is 2.98. The monoisotopic (exact) mass is 275 g/mol. The van der Waals surface area contributed by atoms with Crippen molar-refractivity contribution >= 4 is 23.4 Å². The van der Waals surface area contributed by atoms with Crippen LogP contribution < -0.4 is 10.6 Å². The van der Waals surface area contributed by atoms with Gasteiger partial charge in [-0.1, -0.05) is 18.2 Å². The third-order valence-corrected chi connectivity index (χ3v) is 3.20. The summed E-state index contributed by atoms with van der Waals surface area (Å²) in [6, 6.07) is 8.59. The van der Waals surface area contributed by atoms with Gasteiger partial charge in [0.15, 0.2) is 0 Å². The first-order chi connectivity index (χ1) is 9.59. The maximum Gasteiger partial charge on any atom is 0.316 e. The molecule has 3 amide bonds. The zero-order valence-electron chi connectivity index (χ0n) is 11.1. The van der Waals surface area contributed by atoms with Crippen molar-refractivity contribution in [2.75, 3.05) is 24.5 Å². The Balaban J connectivity index is 2.19. The summed E-state index contributed by atoms with van der Waals surface area (Å²) >= 11 is 0. The fourth-order valence-electron chi connectivity index (χ4n) is 2.22. The van der Waals surface area contributed by atoms with Gasteiger partial charge in [0, 0.05) is 18.8 Å². The molecule has 1 aliphatic rings. The third-order valence-electron chi connectivity index (χ3n) is 3.20. The van der Waals surface area contributed by atoms with Gasteiger partial charge in [0.1, 0.15) is 6.54 Å². The summed E-state index contributed by atoms with van der Waals surface area (Å²) in [6.07, 6.45) is 1.81. The number of primary amides is 1. The lowest BCUT2D eigenvalue weighted by Crippen LogP contribution is -2.47. The van der Waals surface area contributed by atoms with Crippen LogP contribution in [0.1, 0.15) is 12.8 Å². The molecule has 20 heavy (non-hydrogen) atoms. The molecule has 0 radical (unpaired) electrons. The molecule has 2 rings (SSSR count). The molecule has 0 bridgehead atoms. The molecule has 0 aliphatic carbocycles. The minimum absolute atomic E-state index is 0.303. The summed E-state index contributed by atoms with van der Waals surface area (Å²) < 4.78 is 0. The molecule has 1 aromatic rings. The van der Waals surface area contributed by atoms with Gasteiger partial charge < -0.3 is 10.6 Å². The Kier molecular flexibility index (Phi) is 4.34. The SMILES string of the molecule is NC(=O)CN(C(=O)C(=O)N1CCCC1)c1ccccc1. The summed E-state index contributed by atoms with van der Waals surface area (Å²) in [5.41, 5.74) is 5.65. The van der Waals surface area contributed by atoms with Crippen molar-refractivity contribution < 1.29 is 14.4 Å². The van der Waals surface area contributed by atoms with E-state index >= 15 is 0 Å². The van der Waals surface area contributed by atoms with E-state index in [2.05, 4.69) is 0 Å². The Bertz CT molecular complexity index is 510. The Morgan fingerprint density at radius 2 is 1.70 bits per heavy atom. The Labute approximate surface area is 117 Å². The predicted octanol–water partition coefficient (Wildman–Crippen LogP) is 0.127. The number of carbonyl (C=O) groups excluding carboxylic acids is 3. The fraction of sp³-hybridized carbons (Fsp3) is 0.357. The van der Waals surface area contributed by atoms with Gasteiger partial charge in [-0.25, -0.2) is 0 Å². The van der Waals surface area contributed by atoms with Gasteiger partial charge in [-0.05, 0) is 25.0 Å². The fourth-order valence-corrected chi connectivity index (χ4v) is 2.22. The van der Waals surface area contributed by atoms with Crippen LogP contribution in [0.25, 0.3) is 0 Å². The number of hydrogen-bond acceptors (Lipinski definition) is 3. The van der Waals surface area contributed by atoms with Crippen LogP contribution in [-0.4, -0.2) is 42.3 Å². The number of para-hydroxylation sites is 1. The molecular weight excluding hydrogens is 258 g/mol. The van der Waals surface area contributed by atoms with Crippen molar-refractivity contribution in [2.24, 2.45) is 5.73 Å². The number of nitrogens with two attached hydrogens (primary N) is 1. The van der Waals surface area contributed by atoms with Crippen LogP contribution in [0.2, 0.25) is 0 Å². The van der Waals surface area contributed by atoms with Crippen molar-refractivity contribution in [1.82, 2.24) is 4.90 Å². The molecule has 6 nitrogen and oxygen atoms in total. The molecule has 0 aromatic heterocycles. The van der Waals surface area contributed by atoms with E-state index in [1.165, 1.54) is 4.90 Å². The molecule has 1 aromatic carbocycles. The van der Waals surface area contributed by atoms with Crippen molar-refractivity contribution in [1.29, 1.82) is 0 Å². The smallest absolute Gasteiger partial charge is 0.316 e. The lowest BCUT2D eigenvalue weighted by Gasteiger charge is -2.23. The Morgan fingerprint density at radius 1 is 1.10 bits per heavy atom. The molecule has 106 valence electrons. The number of benzene rings is 1. The van der Waals surface area contributed by atoms with E-state index in [9.17, 15) is 14.4 Å². The minimum atomic E-state index is -0.711. The zero-order valence-corrected chi connectivity index (χ0v) is 11.1. The molecule has 0 atom stereocenters. The van der Waals surface area contributed by atoms with Crippen molar-refractivity contribution in [3.05, 3.63) is 30.3 Å². The van der Waals surface area contributed by atoms with Crippen molar-refractivity contribution in [2.45, 2.75) is 12.8 Å². The summed E-state index contributed by atoms with van der Waals surface area (Å²) in [5, 5.41) is 0. The maximum atomic E-state index is 12.3. The highest BCUT2D eigenvalue weighted by Crippen LogP contribution is 2.15. The van der Waals surface area contributed by atoms with E-state index in [4.69, 9.17) is 5.73 Å². The minimum Gasteiger partial charge on any atom is -0.368 e. The first-order valence-corrected chi connectivity index (χ1v) is 6.53. The van der Waals surface area contributed by atoms with E-state index in [1.54, 1.807) is 30.3 Å².